The molecule has 2 aromatic rings. The van der Waals surface area contributed by atoms with Crippen molar-refractivity contribution in [2.24, 2.45) is 0 Å². The van der Waals surface area contributed by atoms with Crippen LogP contribution in [0.15, 0.2) is 12.3 Å². The second-order valence-corrected chi connectivity index (χ2v) is 6.07. The highest BCUT2D eigenvalue weighted by molar-refractivity contribution is 7.16. The first-order valence-corrected chi connectivity index (χ1v) is 7.53. The van der Waals surface area contributed by atoms with Crippen LogP contribution in [0.1, 0.15) is 22.6 Å². The molecule has 1 aliphatic rings. The van der Waals surface area contributed by atoms with E-state index in [4.69, 9.17) is 5.11 Å². The highest BCUT2D eigenvalue weighted by atomic mass is 32.1. The van der Waals surface area contributed by atoms with Crippen LogP contribution in [0.2, 0.25) is 0 Å². The van der Waals surface area contributed by atoms with E-state index in [2.05, 4.69) is 15.2 Å². The molecule has 10 heteroatoms. The van der Waals surface area contributed by atoms with Gasteiger partial charge in [0, 0.05) is 37.7 Å². The van der Waals surface area contributed by atoms with E-state index in [9.17, 15) is 18.0 Å². The number of aromatic nitrogens is 3. The largest absolute Gasteiger partial charge is 0.476 e. The minimum Gasteiger partial charge on any atom is -0.476 e. The van der Waals surface area contributed by atoms with Crippen molar-refractivity contribution in [3.05, 3.63) is 23.1 Å². The number of nitrogens with zero attached hydrogens (tertiary/aromatic N) is 4. The van der Waals surface area contributed by atoms with Crippen LogP contribution in [-0.2, 0) is 0 Å². The van der Waals surface area contributed by atoms with Crippen LogP contribution in [0, 0.1) is 5.82 Å². The zero-order chi connectivity index (χ0) is 16.6. The Labute approximate surface area is 132 Å². The topological polar surface area (TPSA) is 79.2 Å². The van der Waals surface area contributed by atoms with Gasteiger partial charge in [0.1, 0.15) is 5.01 Å². The van der Waals surface area contributed by atoms with Crippen LogP contribution in [0.5, 0.6) is 0 Å². The number of piperidine rings is 1. The SMILES string of the molecule is O=C(O)c1nnc(-c2cnc(N3CCC(F)(F)CC3)c(F)c2)s1. The van der Waals surface area contributed by atoms with Crippen molar-refractivity contribution in [1.29, 1.82) is 0 Å². The molecule has 0 saturated carbocycles. The number of carboxylic acids is 1. The first kappa shape index (κ1) is 15.7. The lowest BCUT2D eigenvalue weighted by atomic mass is 10.1. The van der Waals surface area contributed by atoms with Gasteiger partial charge in [-0.25, -0.2) is 22.9 Å². The Morgan fingerprint density at radius 1 is 1.30 bits per heavy atom. The van der Waals surface area contributed by atoms with Crippen molar-refractivity contribution in [2.45, 2.75) is 18.8 Å². The maximum atomic E-state index is 14.2. The van der Waals surface area contributed by atoms with Gasteiger partial charge in [0.15, 0.2) is 11.6 Å². The predicted molar refractivity (Wildman–Crippen MR) is 76.5 cm³/mol. The summed E-state index contributed by atoms with van der Waals surface area (Å²) in [4.78, 5) is 16.2. The fourth-order valence-electron chi connectivity index (χ4n) is 2.25. The number of hydrogen-bond donors (Lipinski definition) is 1. The minimum absolute atomic E-state index is 0.00669. The molecule has 1 N–H and O–H groups in total. The van der Waals surface area contributed by atoms with Gasteiger partial charge in [0.05, 0.1) is 0 Å². The van der Waals surface area contributed by atoms with E-state index in [0.717, 1.165) is 17.4 Å². The molecule has 0 atom stereocenters. The smallest absolute Gasteiger partial charge is 0.367 e. The summed E-state index contributed by atoms with van der Waals surface area (Å²) in [5.74, 6) is -4.59. The van der Waals surface area contributed by atoms with Crippen LogP contribution >= 0.6 is 11.3 Å². The molecular formula is C13H11F3N4O2S. The monoisotopic (exact) mass is 344 g/mol. The van der Waals surface area contributed by atoms with Gasteiger partial charge in [-0.05, 0) is 6.07 Å². The predicted octanol–water partition coefficient (Wildman–Crippen LogP) is 2.67. The van der Waals surface area contributed by atoms with E-state index >= 15 is 0 Å². The summed E-state index contributed by atoms with van der Waals surface area (Å²) in [6.07, 6.45) is 0.653. The number of alkyl halides is 2. The molecule has 122 valence electrons. The lowest BCUT2D eigenvalue weighted by molar-refractivity contribution is -0.0222. The molecule has 23 heavy (non-hydrogen) atoms. The highest BCUT2D eigenvalue weighted by Gasteiger charge is 2.35. The molecule has 3 rings (SSSR count). The van der Waals surface area contributed by atoms with Crippen molar-refractivity contribution < 1.29 is 23.1 Å². The van der Waals surface area contributed by atoms with Crippen molar-refractivity contribution in [3.63, 3.8) is 0 Å². The molecule has 1 saturated heterocycles. The molecule has 0 bridgehead atoms. The van der Waals surface area contributed by atoms with Gasteiger partial charge in [0.25, 0.3) is 5.92 Å². The van der Waals surface area contributed by atoms with Crippen LogP contribution in [-0.4, -0.2) is 45.3 Å². The number of anilines is 1. The van der Waals surface area contributed by atoms with Gasteiger partial charge in [-0.15, -0.1) is 10.2 Å². The first-order chi connectivity index (χ1) is 10.9. The summed E-state index contributed by atoms with van der Waals surface area (Å²) in [6.45, 7) is 0.0521. The molecule has 1 aliphatic heterocycles. The molecule has 0 unspecified atom stereocenters. The normalized spacial score (nSPS) is 17.3. The standard InChI is InChI=1S/C13H11F3N4O2S/c14-8-5-7(10-18-19-11(23-10)12(21)22)6-17-9(8)20-3-1-13(15,16)2-4-20/h5-6H,1-4H2,(H,21,22). The van der Waals surface area contributed by atoms with E-state index in [0.29, 0.717) is 5.56 Å². The molecular weight excluding hydrogens is 333 g/mol. The van der Waals surface area contributed by atoms with Crippen molar-refractivity contribution in [3.8, 4) is 10.6 Å². The average Bonchev–Trinajstić information content (AvgIpc) is 2.98. The van der Waals surface area contributed by atoms with Crippen LogP contribution in [0.4, 0.5) is 19.0 Å². The fraction of sp³-hybridized carbons (Fsp3) is 0.385. The van der Waals surface area contributed by atoms with Crippen molar-refractivity contribution in [2.75, 3.05) is 18.0 Å². The molecule has 2 aromatic heterocycles. The van der Waals surface area contributed by atoms with Gasteiger partial charge in [-0.2, -0.15) is 0 Å². The van der Waals surface area contributed by atoms with Gasteiger partial charge < -0.3 is 10.0 Å². The Bertz CT molecular complexity index is 743. The zero-order valence-corrected chi connectivity index (χ0v) is 12.5. The first-order valence-electron chi connectivity index (χ1n) is 6.71. The van der Waals surface area contributed by atoms with Gasteiger partial charge in [-0.1, -0.05) is 11.3 Å². The third kappa shape index (κ3) is 3.26. The Balaban J connectivity index is 1.82. The molecule has 6 nitrogen and oxygen atoms in total. The number of hydrogen-bond acceptors (Lipinski definition) is 6. The summed E-state index contributed by atoms with van der Waals surface area (Å²) in [5, 5.41) is 16.0. The molecule has 0 amide bonds. The van der Waals surface area contributed by atoms with Crippen molar-refractivity contribution >= 4 is 23.1 Å². The second kappa shape index (κ2) is 5.76. The Morgan fingerprint density at radius 3 is 2.57 bits per heavy atom. The van der Waals surface area contributed by atoms with Gasteiger partial charge >= 0.3 is 5.97 Å². The Hall–Kier alpha value is -2.23. The summed E-state index contributed by atoms with van der Waals surface area (Å²) in [6, 6.07) is 1.15. The minimum atomic E-state index is -2.72. The number of rotatable bonds is 3. The molecule has 0 radical (unpaired) electrons. The molecule has 0 spiro atoms. The maximum Gasteiger partial charge on any atom is 0.367 e. The zero-order valence-electron chi connectivity index (χ0n) is 11.7. The molecule has 0 aliphatic carbocycles. The third-order valence-corrected chi connectivity index (χ3v) is 4.43. The van der Waals surface area contributed by atoms with E-state index in [1.165, 1.54) is 11.1 Å². The van der Waals surface area contributed by atoms with E-state index in [-0.39, 0.29) is 41.8 Å². The summed E-state index contributed by atoms with van der Waals surface area (Å²) < 4.78 is 40.5. The van der Waals surface area contributed by atoms with Gasteiger partial charge in [-0.3, -0.25) is 0 Å². The second-order valence-electron chi connectivity index (χ2n) is 5.09. The Kier molecular flexibility index (Phi) is 3.92. The van der Waals surface area contributed by atoms with Crippen LogP contribution in [0.25, 0.3) is 10.6 Å². The maximum absolute atomic E-state index is 14.2. The fourth-order valence-corrected chi connectivity index (χ4v) is 2.92. The highest BCUT2D eigenvalue weighted by Crippen LogP contribution is 2.32. The van der Waals surface area contributed by atoms with Crippen molar-refractivity contribution in [1.82, 2.24) is 15.2 Å². The lowest BCUT2D eigenvalue weighted by Crippen LogP contribution is -2.40. The Morgan fingerprint density at radius 2 is 2.00 bits per heavy atom. The molecule has 0 aromatic carbocycles. The summed E-state index contributed by atoms with van der Waals surface area (Å²) >= 11 is 0.803. The number of aromatic carboxylic acids is 1. The molecule has 1 fully saturated rings. The van der Waals surface area contributed by atoms with Crippen LogP contribution in [0.3, 0.4) is 0 Å². The number of halogens is 3. The lowest BCUT2D eigenvalue weighted by Gasteiger charge is -2.32. The molecule has 3 heterocycles. The summed E-state index contributed by atoms with van der Waals surface area (Å²) in [7, 11) is 0. The van der Waals surface area contributed by atoms with E-state index in [1.807, 2.05) is 0 Å². The number of carboxylic acid groups (broad SMARTS) is 1. The van der Waals surface area contributed by atoms with E-state index in [1.54, 1.807) is 0 Å². The third-order valence-electron chi connectivity index (χ3n) is 3.47. The average molecular weight is 344 g/mol. The van der Waals surface area contributed by atoms with E-state index < -0.39 is 17.7 Å². The number of carbonyl (C=O) groups is 1. The van der Waals surface area contributed by atoms with Gasteiger partial charge in [0.2, 0.25) is 5.01 Å². The van der Waals surface area contributed by atoms with Crippen LogP contribution < -0.4 is 4.90 Å². The quantitative estimate of drug-likeness (QED) is 0.922. The summed E-state index contributed by atoms with van der Waals surface area (Å²) in [5.41, 5.74) is 0.290. The number of pyridine rings is 1.